The van der Waals surface area contributed by atoms with Gasteiger partial charge in [0.2, 0.25) is 0 Å². The molecule has 1 saturated heterocycles. The van der Waals surface area contributed by atoms with Crippen LogP contribution in [0.5, 0.6) is 0 Å². The number of hydrogen-bond acceptors (Lipinski definition) is 5. The number of piperidine rings is 1. The molecule has 1 aromatic heterocycles. The van der Waals surface area contributed by atoms with Crippen molar-refractivity contribution in [3.63, 3.8) is 0 Å². The monoisotopic (exact) mass is 323 g/mol. The van der Waals surface area contributed by atoms with Gasteiger partial charge >= 0.3 is 5.97 Å². The Balaban J connectivity index is 2.04. The van der Waals surface area contributed by atoms with Crippen LogP contribution in [0.1, 0.15) is 43.6 Å². The Morgan fingerprint density at radius 3 is 2.83 bits per heavy atom. The summed E-state index contributed by atoms with van der Waals surface area (Å²) in [5.74, 6) is 0.121. The summed E-state index contributed by atoms with van der Waals surface area (Å²) in [5.41, 5.74) is 3.17. The number of esters is 1. The summed E-state index contributed by atoms with van der Waals surface area (Å²) in [7, 11) is 0. The lowest BCUT2D eigenvalue weighted by Gasteiger charge is -2.31. The van der Waals surface area contributed by atoms with E-state index >= 15 is 0 Å². The van der Waals surface area contributed by atoms with Crippen LogP contribution in [0.2, 0.25) is 0 Å². The number of likely N-dealkylation sites (tertiary alicyclic amines) is 1. The van der Waals surface area contributed by atoms with Crippen LogP contribution in [0.4, 0.5) is 0 Å². The van der Waals surface area contributed by atoms with Gasteiger partial charge in [0.25, 0.3) is 0 Å². The van der Waals surface area contributed by atoms with Crippen LogP contribution in [-0.4, -0.2) is 51.6 Å². The third-order valence-electron chi connectivity index (χ3n) is 4.42. The maximum atomic E-state index is 11.8. The SMILES string of the molecule is Cc1nn(CC(=O)OC(C)C)c(C)c1CN1CCCC(CO)C1. The van der Waals surface area contributed by atoms with E-state index in [4.69, 9.17) is 4.74 Å². The molecule has 1 unspecified atom stereocenters. The Labute approximate surface area is 138 Å². The van der Waals surface area contributed by atoms with Gasteiger partial charge in [0, 0.05) is 31.0 Å². The molecular formula is C17H29N3O3. The van der Waals surface area contributed by atoms with Crippen LogP contribution < -0.4 is 0 Å². The minimum absolute atomic E-state index is 0.109. The average Bonchev–Trinajstić information content (AvgIpc) is 2.74. The zero-order chi connectivity index (χ0) is 17.0. The normalized spacial score (nSPS) is 19.3. The fourth-order valence-corrected chi connectivity index (χ4v) is 3.21. The molecular weight excluding hydrogens is 294 g/mol. The van der Waals surface area contributed by atoms with Crippen molar-refractivity contribution in [1.29, 1.82) is 0 Å². The van der Waals surface area contributed by atoms with Crippen molar-refractivity contribution in [2.45, 2.75) is 59.7 Å². The molecule has 0 spiro atoms. The van der Waals surface area contributed by atoms with Crippen molar-refractivity contribution in [3.05, 3.63) is 17.0 Å². The molecule has 6 nitrogen and oxygen atoms in total. The van der Waals surface area contributed by atoms with Gasteiger partial charge in [-0.15, -0.1) is 0 Å². The highest BCUT2D eigenvalue weighted by molar-refractivity contribution is 5.69. The summed E-state index contributed by atoms with van der Waals surface area (Å²) in [6.07, 6.45) is 2.12. The standard InChI is InChI=1S/C17H29N3O3/c1-12(2)23-17(22)10-20-14(4)16(13(3)18-20)9-19-7-5-6-15(8-19)11-21/h12,15,21H,5-11H2,1-4H3. The first-order chi connectivity index (χ1) is 10.9. The van der Waals surface area contributed by atoms with Crippen molar-refractivity contribution >= 4 is 5.97 Å². The van der Waals surface area contributed by atoms with E-state index in [1.807, 2.05) is 27.7 Å². The third kappa shape index (κ3) is 4.78. The molecule has 0 amide bonds. The Bertz CT molecular complexity index is 539. The molecule has 0 bridgehead atoms. The topological polar surface area (TPSA) is 67.6 Å². The lowest BCUT2D eigenvalue weighted by atomic mass is 9.98. The summed E-state index contributed by atoms with van der Waals surface area (Å²) in [5, 5.41) is 13.9. The quantitative estimate of drug-likeness (QED) is 0.806. The van der Waals surface area contributed by atoms with Crippen LogP contribution in [-0.2, 0) is 22.6 Å². The fourth-order valence-electron chi connectivity index (χ4n) is 3.21. The Morgan fingerprint density at radius 1 is 1.43 bits per heavy atom. The summed E-state index contributed by atoms with van der Waals surface area (Å²) < 4.78 is 6.94. The van der Waals surface area contributed by atoms with E-state index in [-0.39, 0.29) is 25.2 Å². The van der Waals surface area contributed by atoms with E-state index in [0.29, 0.717) is 5.92 Å². The predicted molar refractivity (Wildman–Crippen MR) is 88.0 cm³/mol. The van der Waals surface area contributed by atoms with Gasteiger partial charge in [-0.1, -0.05) is 0 Å². The van der Waals surface area contributed by atoms with Gasteiger partial charge in [0.15, 0.2) is 0 Å². The molecule has 1 fully saturated rings. The number of aliphatic hydroxyl groups excluding tert-OH is 1. The first kappa shape index (κ1) is 17.9. The summed E-state index contributed by atoms with van der Waals surface area (Å²) in [6.45, 7) is 10.9. The molecule has 0 aliphatic carbocycles. The van der Waals surface area contributed by atoms with Gasteiger partial charge < -0.3 is 9.84 Å². The number of carbonyl (C=O) groups excluding carboxylic acids is 1. The second-order valence-electron chi connectivity index (χ2n) is 6.77. The molecule has 23 heavy (non-hydrogen) atoms. The molecule has 1 atom stereocenters. The highest BCUT2D eigenvalue weighted by Crippen LogP contribution is 2.21. The van der Waals surface area contributed by atoms with Crippen LogP contribution >= 0.6 is 0 Å². The number of aromatic nitrogens is 2. The number of aryl methyl sites for hydroxylation is 1. The molecule has 6 heteroatoms. The van der Waals surface area contributed by atoms with Gasteiger partial charge in [-0.2, -0.15) is 5.10 Å². The van der Waals surface area contributed by atoms with Crippen molar-refractivity contribution < 1.29 is 14.6 Å². The van der Waals surface area contributed by atoms with E-state index in [0.717, 1.165) is 43.9 Å². The van der Waals surface area contributed by atoms with Crippen LogP contribution in [0.3, 0.4) is 0 Å². The summed E-state index contributed by atoms with van der Waals surface area (Å²) in [4.78, 5) is 14.2. The van der Waals surface area contributed by atoms with Crippen molar-refractivity contribution in [1.82, 2.24) is 14.7 Å². The van der Waals surface area contributed by atoms with Crippen molar-refractivity contribution in [3.8, 4) is 0 Å². The smallest absolute Gasteiger partial charge is 0.328 e. The molecule has 0 saturated carbocycles. The van der Waals surface area contributed by atoms with Crippen LogP contribution in [0.15, 0.2) is 0 Å². The summed E-state index contributed by atoms with van der Waals surface area (Å²) >= 11 is 0. The second-order valence-corrected chi connectivity index (χ2v) is 6.77. The molecule has 1 aromatic rings. The van der Waals surface area contributed by atoms with Gasteiger partial charge in [0.05, 0.1) is 11.8 Å². The lowest BCUT2D eigenvalue weighted by molar-refractivity contribution is -0.148. The Kier molecular flexibility index (Phi) is 6.18. The highest BCUT2D eigenvalue weighted by Gasteiger charge is 2.22. The molecule has 1 N–H and O–H groups in total. The molecule has 2 heterocycles. The largest absolute Gasteiger partial charge is 0.462 e. The molecule has 1 aliphatic rings. The number of rotatable bonds is 6. The first-order valence-electron chi connectivity index (χ1n) is 8.46. The molecule has 1 aliphatic heterocycles. The van der Waals surface area contributed by atoms with Gasteiger partial charge in [-0.05, 0) is 53.0 Å². The van der Waals surface area contributed by atoms with Crippen LogP contribution in [0, 0.1) is 19.8 Å². The van der Waals surface area contributed by atoms with Crippen molar-refractivity contribution in [2.24, 2.45) is 5.92 Å². The Hall–Kier alpha value is -1.40. The number of hydrogen-bond donors (Lipinski definition) is 1. The number of ether oxygens (including phenoxy) is 1. The predicted octanol–water partition coefficient (Wildman–Crippen LogP) is 1.66. The maximum Gasteiger partial charge on any atom is 0.328 e. The second kappa shape index (κ2) is 7.93. The fraction of sp³-hybridized carbons (Fsp3) is 0.765. The average molecular weight is 323 g/mol. The minimum atomic E-state index is -0.254. The summed E-state index contributed by atoms with van der Waals surface area (Å²) in [6, 6.07) is 0. The van der Waals surface area contributed by atoms with E-state index in [1.54, 1.807) is 4.68 Å². The first-order valence-corrected chi connectivity index (χ1v) is 8.46. The zero-order valence-corrected chi connectivity index (χ0v) is 14.7. The van der Waals surface area contributed by atoms with Gasteiger partial charge in [0.1, 0.15) is 6.54 Å². The molecule has 0 aromatic carbocycles. The highest BCUT2D eigenvalue weighted by atomic mass is 16.5. The van der Waals surface area contributed by atoms with E-state index in [9.17, 15) is 9.90 Å². The minimum Gasteiger partial charge on any atom is -0.462 e. The van der Waals surface area contributed by atoms with Gasteiger partial charge in [-0.25, -0.2) is 0 Å². The third-order valence-corrected chi connectivity index (χ3v) is 4.42. The lowest BCUT2D eigenvalue weighted by Crippen LogP contribution is -2.36. The van der Waals surface area contributed by atoms with E-state index in [2.05, 4.69) is 10.00 Å². The van der Waals surface area contributed by atoms with Crippen molar-refractivity contribution in [2.75, 3.05) is 19.7 Å². The molecule has 130 valence electrons. The zero-order valence-electron chi connectivity index (χ0n) is 14.7. The van der Waals surface area contributed by atoms with Crippen LogP contribution in [0.25, 0.3) is 0 Å². The maximum absolute atomic E-state index is 11.8. The molecule has 2 rings (SSSR count). The van der Waals surface area contributed by atoms with Gasteiger partial charge in [-0.3, -0.25) is 14.4 Å². The Morgan fingerprint density at radius 2 is 2.17 bits per heavy atom. The number of nitrogens with zero attached hydrogens (tertiary/aromatic N) is 3. The molecule has 0 radical (unpaired) electrons. The van der Waals surface area contributed by atoms with E-state index in [1.165, 1.54) is 5.56 Å². The van der Waals surface area contributed by atoms with E-state index < -0.39 is 0 Å². The number of aliphatic hydroxyl groups is 1. The number of carbonyl (C=O) groups is 1.